The first-order valence-corrected chi connectivity index (χ1v) is 9.77. The molecule has 0 amide bonds. The molecule has 0 spiro atoms. The Labute approximate surface area is 166 Å². The summed E-state index contributed by atoms with van der Waals surface area (Å²) in [6.45, 7) is 6.05. The highest BCUT2D eigenvalue weighted by Crippen LogP contribution is 2.29. The van der Waals surface area contributed by atoms with E-state index in [0.717, 1.165) is 24.3 Å². The molecule has 2 aromatic heterocycles. The van der Waals surface area contributed by atoms with Crippen LogP contribution in [0, 0.1) is 5.92 Å². The second-order valence-corrected chi connectivity index (χ2v) is 7.48. The number of aliphatic imine (C=N–C) groups is 1. The Balaban J connectivity index is 1.54. The number of ether oxygens (including phenoxy) is 1. The summed E-state index contributed by atoms with van der Waals surface area (Å²) < 4.78 is 7.34. The molecule has 1 atom stereocenters. The highest BCUT2D eigenvalue weighted by molar-refractivity contribution is 5.79. The minimum atomic E-state index is -1.05. The smallest absolute Gasteiger partial charge is 0.213 e. The van der Waals surface area contributed by atoms with Gasteiger partial charge in [0.2, 0.25) is 5.88 Å². The van der Waals surface area contributed by atoms with Crippen molar-refractivity contribution in [2.75, 3.05) is 19.7 Å². The number of aromatic nitrogens is 3. The van der Waals surface area contributed by atoms with Crippen LogP contribution in [-0.4, -0.2) is 45.5 Å². The number of guanidine groups is 1. The van der Waals surface area contributed by atoms with Crippen molar-refractivity contribution in [3.05, 3.63) is 41.9 Å². The lowest BCUT2D eigenvalue weighted by molar-refractivity contribution is 0.0616. The summed E-state index contributed by atoms with van der Waals surface area (Å²) in [5.41, 5.74) is 0.700. The van der Waals surface area contributed by atoms with Gasteiger partial charge in [0.15, 0.2) is 5.96 Å². The molecule has 2 aromatic rings. The van der Waals surface area contributed by atoms with Crippen LogP contribution in [0.5, 0.6) is 5.88 Å². The third-order valence-electron chi connectivity index (χ3n) is 4.65. The summed E-state index contributed by atoms with van der Waals surface area (Å²) in [6.07, 6.45) is 7.80. The second kappa shape index (κ2) is 9.05. The van der Waals surface area contributed by atoms with Gasteiger partial charge >= 0.3 is 0 Å². The predicted octanol–water partition coefficient (Wildman–Crippen LogP) is 1.57. The van der Waals surface area contributed by atoms with Crippen molar-refractivity contribution in [2.24, 2.45) is 18.0 Å². The molecule has 1 fully saturated rings. The number of hydrogen-bond acceptors (Lipinski definition) is 5. The van der Waals surface area contributed by atoms with Crippen LogP contribution in [0.2, 0.25) is 0 Å². The van der Waals surface area contributed by atoms with E-state index in [2.05, 4.69) is 25.7 Å². The molecule has 1 saturated carbocycles. The fourth-order valence-corrected chi connectivity index (χ4v) is 2.65. The SMILES string of the molecule is CCNC(=NCc1ccc(OCC2CC2)nc1)NCC(C)(O)c1cnn(C)c1. The van der Waals surface area contributed by atoms with E-state index in [9.17, 15) is 5.11 Å². The molecule has 1 unspecified atom stereocenters. The number of rotatable bonds is 9. The van der Waals surface area contributed by atoms with Gasteiger partial charge in [0.1, 0.15) is 5.60 Å². The van der Waals surface area contributed by atoms with Crippen LogP contribution in [0.4, 0.5) is 0 Å². The van der Waals surface area contributed by atoms with E-state index < -0.39 is 5.60 Å². The molecule has 152 valence electrons. The quantitative estimate of drug-likeness (QED) is 0.447. The van der Waals surface area contributed by atoms with Crippen LogP contribution in [0.15, 0.2) is 35.7 Å². The molecule has 1 aliphatic rings. The van der Waals surface area contributed by atoms with Gasteiger partial charge in [0.05, 0.1) is 25.9 Å². The normalized spacial score (nSPS) is 16.5. The van der Waals surface area contributed by atoms with E-state index in [4.69, 9.17) is 4.74 Å². The van der Waals surface area contributed by atoms with Gasteiger partial charge in [-0.05, 0) is 38.2 Å². The van der Waals surface area contributed by atoms with E-state index >= 15 is 0 Å². The van der Waals surface area contributed by atoms with Crippen molar-refractivity contribution >= 4 is 5.96 Å². The lowest BCUT2D eigenvalue weighted by Gasteiger charge is -2.23. The monoisotopic (exact) mass is 386 g/mol. The maximum atomic E-state index is 10.7. The number of nitrogens with one attached hydrogen (secondary N) is 2. The van der Waals surface area contributed by atoms with E-state index in [1.54, 1.807) is 24.0 Å². The van der Waals surface area contributed by atoms with E-state index in [1.165, 1.54) is 12.8 Å². The molecule has 3 rings (SSSR count). The Morgan fingerprint density at radius 3 is 2.79 bits per heavy atom. The van der Waals surface area contributed by atoms with Crippen molar-refractivity contribution in [1.29, 1.82) is 0 Å². The first-order valence-electron chi connectivity index (χ1n) is 9.77. The molecule has 8 heteroatoms. The minimum Gasteiger partial charge on any atom is -0.477 e. The molecule has 28 heavy (non-hydrogen) atoms. The summed E-state index contributed by atoms with van der Waals surface area (Å²) in [6, 6.07) is 3.87. The Morgan fingerprint density at radius 2 is 2.18 bits per heavy atom. The van der Waals surface area contributed by atoms with E-state index in [-0.39, 0.29) is 0 Å². The van der Waals surface area contributed by atoms with Gasteiger partial charge in [-0.1, -0.05) is 6.07 Å². The first kappa shape index (κ1) is 20.1. The number of nitrogens with zero attached hydrogens (tertiary/aromatic N) is 4. The zero-order valence-electron chi connectivity index (χ0n) is 16.9. The number of aryl methyl sites for hydroxylation is 1. The fraction of sp³-hybridized carbons (Fsp3) is 0.550. The fourth-order valence-electron chi connectivity index (χ4n) is 2.65. The molecule has 0 aromatic carbocycles. The molecule has 3 N–H and O–H groups in total. The maximum absolute atomic E-state index is 10.7. The average molecular weight is 387 g/mol. The molecule has 0 bridgehead atoms. The van der Waals surface area contributed by atoms with Gasteiger partial charge in [0, 0.05) is 37.6 Å². The van der Waals surface area contributed by atoms with Crippen molar-refractivity contribution in [1.82, 2.24) is 25.4 Å². The van der Waals surface area contributed by atoms with Crippen molar-refractivity contribution in [2.45, 2.75) is 38.8 Å². The van der Waals surface area contributed by atoms with Crippen LogP contribution in [0.25, 0.3) is 0 Å². The Kier molecular flexibility index (Phi) is 6.51. The second-order valence-electron chi connectivity index (χ2n) is 7.48. The number of pyridine rings is 1. The average Bonchev–Trinajstić information content (AvgIpc) is 3.41. The largest absolute Gasteiger partial charge is 0.477 e. The maximum Gasteiger partial charge on any atom is 0.213 e. The molecule has 8 nitrogen and oxygen atoms in total. The Hall–Kier alpha value is -2.61. The van der Waals surface area contributed by atoms with Crippen LogP contribution < -0.4 is 15.4 Å². The molecular weight excluding hydrogens is 356 g/mol. The van der Waals surface area contributed by atoms with E-state index in [0.29, 0.717) is 30.8 Å². The molecule has 0 aliphatic heterocycles. The summed E-state index contributed by atoms with van der Waals surface area (Å²) in [5.74, 6) is 2.02. The number of aliphatic hydroxyl groups is 1. The summed E-state index contributed by atoms with van der Waals surface area (Å²) >= 11 is 0. The third-order valence-corrected chi connectivity index (χ3v) is 4.65. The summed E-state index contributed by atoms with van der Waals surface area (Å²) in [5, 5.41) is 21.2. The van der Waals surface area contributed by atoms with Crippen molar-refractivity contribution in [3.8, 4) is 5.88 Å². The minimum absolute atomic E-state index is 0.316. The zero-order chi connectivity index (χ0) is 20.0. The molecule has 2 heterocycles. The van der Waals surface area contributed by atoms with Gasteiger partial charge < -0.3 is 20.5 Å². The van der Waals surface area contributed by atoms with Gasteiger partial charge in [0.25, 0.3) is 0 Å². The molecule has 0 saturated heterocycles. The summed E-state index contributed by atoms with van der Waals surface area (Å²) in [7, 11) is 1.83. The Bertz CT molecular complexity index is 780. The zero-order valence-corrected chi connectivity index (χ0v) is 16.9. The lowest BCUT2D eigenvalue weighted by Crippen LogP contribution is -2.44. The van der Waals surface area contributed by atoms with Gasteiger partial charge in [-0.15, -0.1) is 0 Å². The lowest BCUT2D eigenvalue weighted by atomic mass is 10.00. The van der Waals surface area contributed by atoms with Gasteiger partial charge in [-0.2, -0.15) is 5.10 Å². The third kappa shape index (κ3) is 5.95. The van der Waals surface area contributed by atoms with Crippen LogP contribution >= 0.6 is 0 Å². The topological polar surface area (TPSA) is 96.6 Å². The standard InChI is InChI=1S/C20H30N6O2/c1-4-21-19(24-14-20(2,27)17-11-25-26(3)12-17)23-10-16-7-8-18(22-9-16)28-13-15-5-6-15/h7-9,11-12,15,27H,4-6,10,13-14H2,1-3H3,(H2,21,23,24). The predicted molar refractivity (Wildman–Crippen MR) is 108 cm³/mol. The van der Waals surface area contributed by atoms with Crippen LogP contribution in [-0.2, 0) is 19.2 Å². The molecule has 0 radical (unpaired) electrons. The van der Waals surface area contributed by atoms with Crippen molar-refractivity contribution in [3.63, 3.8) is 0 Å². The molecular formula is C20H30N6O2. The first-order chi connectivity index (χ1) is 13.5. The highest BCUT2D eigenvalue weighted by atomic mass is 16.5. The number of hydrogen-bond donors (Lipinski definition) is 3. The Morgan fingerprint density at radius 1 is 1.36 bits per heavy atom. The van der Waals surface area contributed by atoms with Crippen molar-refractivity contribution < 1.29 is 9.84 Å². The van der Waals surface area contributed by atoms with Gasteiger partial charge in [-0.25, -0.2) is 9.98 Å². The summed E-state index contributed by atoms with van der Waals surface area (Å²) in [4.78, 5) is 8.93. The van der Waals surface area contributed by atoms with E-state index in [1.807, 2.05) is 32.3 Å². The van der Waals surface area contributed by atoms with Crippen LogP contribution in [0.3, 0.4) is 0 Å². The van der Waals surface area contributed by atoms with Gasteiger partial charge in [-0.3, -0.25) is 4.68 Å². The van der Waals surface area contributed by atoms with Crippen LogP contribution in [0.1, 0.15) is 37.8 Å². The highest BCUT2D eigenvalue weighted by Gasteiger charge is 2.25. The molecule has 1 aliphatic carbocycles.